The van der Waals surface area contributed by atoms with Gasteiger partial charge in [-0.3, -0.25) is 0 Å². The van der Waals surface area contributed by atoms with Crippen LogP contribution in [0.4, 0.5) is 0 Å². The second-order valence-electron chi connectivity index (χ2n) is 14.7. The normalized spacial score (nSPS) is 13.0. The number of hydrogen-bond donors (Lipinski definition) is 0. The molecule has 0 bridgehead atoms. The van der Waals surface area contributed by atoms with Gasteiger partial charge in [0.05, 0.1) is 0 Å². The molecule has 0 atom stereocenters. The maximum absolute atomic E-state index is 2.38. The van der Waals surface area contributed by atoms with Gasteiger partial charge in [-0.2, -0.15) is 0 Å². The van der Waals surface area contributed by atoms with E-state index in [9.17, 15) is 0 Å². The monoisotopic (exact) mass is 597 g/mol. The summed E-state index contributed by atoms with van der Waals surface area (Å²) in [6.45, 7) is 10.2. The van der Waals surface area contributed by atoms with E-state index in [2.05, 4.69) is 34.6 Å². The summed E-state index contributed by atoms with van der Waals surface area (Å²) in [6, 6.07) is 0. The molecule has 41 heavy (non-hydrogen) atoms. The first-order valence-electron chi connectivity index (χ1n) is 20.1. The molecule has 0 aliphatic rings. The molecule has 0 saturated carbocycles. The Morgan fingerprint density at radius 1 is 0.195 bits per heavy atom. The molecule has 0 amide bonds. The fraction of sp³-hybridized carbons (Fsp3) is 1.00. The molecule has 0 aromatic carbocycles. The Hall–Kier alpha value is 0.430. The van der Waals surface area contributed by atoms with Gasteiger partial charge in [0.1, 0.15) is 0 Å². The molecule has 0 saturated heterocycles. The van der Waals surface area contributed by atoms with Crippen molar-refractivity contribution in [3.63, 3.8) is 0 Å². The van der Waals surface area contributed by atoms with Crippen LogP contribution in [0.5, 0.6) is 0 Å². The molecule has 0 heterocycles. The van der Waals surface area contributed by atoms with Crippen LogP contribution in [0.25, 0.3) is 0 Å². The van der Waals surface area contributed by atoms with E-state index < -0.39 is 6.60 Å². The zero-order valence-electron chi connectivity index (χ0n) is 30.2. The molecule has 0 spiro atoms. The number of rotatable bonds is 35. The van der Waals surface area contributed by atoms with Crippen LogP contribution in [0.1, 0.15) is 227 Å². The van der Waals surface area contributed by atoms with Crippen molar-refractivity contribution < 1.29 is 0 Å². The van der Waals surface area contributed by atoms with Gasteiger partial charge >= 0.3 is 265 Å². The second-order valence-corrected chi connectivity index (χ2v) is 21.4. The predicted molar refractivity (Wildman–Crippen MR) is 198 cm³/mol. The molecule has 0 rings (SSSR count). The van der Waals surface area contributed by atoms with Crippen LogP contribution >= 0.6 is 6.60 Å². The summed E-state index contributed by atoms with van der Waals surface area (Å²) < 4.78 is 0. The summed E-state index contributed by atoms with van der Waals surface area (Å²) in [5.41, 5.74) is 0. The van der Waals surface area contributed by atoms with Crippen molar-refractivity contribution in [2.75, 3.05) is 30.8 Å². The van der Waals surface area contributed by atoms with E-state index in [4.69, 9.17) is 0 Å². The first-order chi connectivity index (χ1) is 20.1. The quantitative estimate of drug-likeness (QED) is 0.0504. The molecular formula is C40H85P. The molecule has 0 aromatic heterocycles. The van der Waals surface area contributed by atoms with E-state index in [1.54, 1.807) is 62.9 Å². The maximum atomic E-state index is 2.38. The summed E-state index contributed by atoms with van der Waals surface area (Å²) in [6.07, 6.45) is 53.0. The molecule has 250 valence electrons. The van der Waals surface area contributed by atoms with E-state index in [1.807, 2.05) is 0 Å². The molecule has 0 aliphatic carbocycles. The molecule has 1 heteroatoms. The van der Waals surface area contributed by atoms with Crippen LogP contribution in [0, 0.1) is 0 Å². The van der Waals surface area contributed by atoms with E-state index in [-0.39, 0.29) is 0 Å². The molecular weight excluding hydrogens is 511 g/mol. The Balaban J connectivity index is 5.69. The van der Waals surface area contributed by atoms with E-state index in [1.165, 1.54) is 161 Å². The minimum absolute atomic E-state index is 1.38. The van der Waals surface area contributed by atoms with Gasteiger partial charge in [-0.1, -0.05) is 0 Å². The van der Waals surface area contributed by atoms with E-state index in [0.717, 1.165) is 0 Å². The molecule has 0 aromatic rings. The third-order valence-corrected chi connectivity index (χ3v) is 18.6. The van der Waals surface area contributed by atoms with E-state index in [0.29, 0.717) is 0 Å². The van der Waals surface area contributed by atoms with E-state index >= 15 is 0 Å². The Labute approximate surface area is 264 Å². The Bertz CT molecular complexity index is 461. The van der Waals surface area contributed by atoms with Gasteiger partial charge in [0.15, 0.2) is 0 Å². The van der Waals surface area contributed by atoms with Crippen molar-refractivity contribution in [2.24, 2.45) is 0 Å². The van der Waals surface area contributed by atoms with Gasteiger partial charge in [-0.25, -0.2) is 0 Å². The first-order valence-corrected chi connectivity index (χ1v) is 23.3. The van der Waals surface area contributed by atoms with Gasteiger partial charge in [0.25, 0.3) is 0 Å². The molecule has 0 aliphatic heterocycles. The molecule has 0 radical (unpaired) electrons. The molecule has 0 unspecified atom stereocenters. The van der Waals surface area contributed by atoms with Crippen LogP contribution < -0.4 is 0 Å². The number of hydrogen-bond acceptors (Lipinski definition) is 0. The van der Waals surface area contributed by atoms with Crippen molar-refractivity contribution in [1.29, 1.82) is 0 Å². The first kappa shape index (κ1) is 41.4. The molecule has 0 N–H and O–H groups in total. The summed E-state index contributed by atoms with van der Waals surface area (Å²) in [7, 11) is 0. The van der Waals surface area contributed by atoms with Crippen LogP contribution in [0.15, 0.2) is 0 Å². The van der Waals surface area contributed by atoms with Crippen LogP contribution in [-0.4, -0.2) is 30.8 Å². The van der Waals surface area contributed by atoms with Gasteiger partial charge in [-0.05, 0) is 0 Å². The van der Waals surface area contributed by atoms with Crippen molar-refractivity contribution in [3.05, 3.63) is 0 Å². The average Bonchev–Trinajstić information content (AvgIpc) is 2.98. The zero-order valence-corrected chi connectivity index (χ0v) is 31.1. The minimum atomic E-state index is -1.69. The molecule has 0 nitrogen and oxygen atoms in total. The predicted octanol–water partition coefficient (Wildman–Crippen LogP) is 15.3. The van der Waals surface area contributed by atoms with Gasteiger partial charge in [0.2, 0.25) is 0 Å². The fourth-order valence-corrected chi connectivity index (χ4v) is 15.6. The Morgan fingerprint density at radius 3 is 0.512 bits per heavy atom. The van der Waals surface area contributed by atoms with Gasteiger partial charge < -0.3 is 0 Å². The average molecular weight is 597 g/mol. The molecule has 0 fully saturated rings. The van der Waals surface area contributed by atoms with Crippen LogP contribution in [0.2, 0.25) is 0 Å². The Morgan fingerprint density at radius 2 is 0.341 bits per heavy atom. The van der Waals surface area contributed by atoms with Crippen molar-refractivity contribution in [1.82, 2.24) is 0 Å². The van der Waals surface area contributed by atoms with Crippen LogP contribution in [-0.2, 0) is 0 Å². The SMILES string of the molecule is CCCCCCCCCP(CCCCCCC)(CCCCCCC)(CCCCCCCC)CCCCCCCCC. The van der Waals surface area contributed by atoms with Crippen LogP contribution in [0.3, 0.4) is 0 Å². The van der Waals surface area contributed by atoms with Crippen molar-refractivity contribution in [3.8, 4) is 0 Å². The van der Waals surface area contributed by atoms with Gasteiger partial charge in [-0.15, -0.1) is 0 Å². The Kier molecular flexibility index (Phi) is 30.8. The third-order valence-electron chi connectivity index (χ3n) is 10.7. The van der Waals surface area contributed by atoms with Crippen molar-refractivity contribution >= 4 is 6.60 Å². The van der Waals surface area contributed by atoms with Crippen molar-refractivity contribution in [2.45, 2.75) is 227 Å². The topological polar surface area (TPSA) is 0 Å². The summed E-state index contributed by atoms with van der Waals surface area (Å²) in [4.78, 5) is 0. The summed E-state index contributed by atoms with van der Waals surface area (Å²) >= 11 is 0. The summed E-state index contributed by atoms with van der Waals surface area (Å²) in [5.74, 6) is 0. The zero-order chi connectivity index (χ0) is 30.2. The summed E-state index contributed by atoms with van der Waals surface area (Å²) in [5, 5.41) is 0. The fourth-order valence-electron chi connectivity index (χ4n) is 7.81. The third kappa shape index (κ3) is 23.5. The number of unbranched alkanes of at least 4 members (excludes halogenated alkanes) is 25. The standard InChI is InChI=1S/C40H85P/c1-6-11-16-21-24-29-34-39-41(36-31-26-19-14-9-4,37-32-27-20-15-10-5,38-33-28-23-18-13-8-3)40-35-30-25-22-17-12-7-2/h6-40H2,1-5H3. The second kappa shape index (κ2) is 30.5. The van der Waals surface area contributed by atoms with Gasteiger partial charge in [0, 0.05) is 0 Å².